The normalized spacial score (nSPS) is 10.2. The minimum atomic E-state index is -0.557. The predicted molar refractivity (Wildman–Crippen MR) is 98.9 cm³/mol. The van der Waals surface area contributed by atoms with Crippen LogP contribution < -0.4 is 20.5 Å². The number of hydrogen-bond acceptors (Lipinski definition) is 4. The van der Waals surface area contributed by atoms with Gasteiger partial charge in [-0.05, 0) is 36.1 Å². The molecule has 2 aromatic rings. The Morgan fingerprint density at radius 3 is 2.50 bits per heavy atom. The lowest BCUT2D eigenvalue weighted by Gasteiger charge is -2.12. The highest BCUT2D eigenvalue weighted by atomic mass is 16.5. The van der Waals surface area contributed by atoms with Crippen LogP contribution in [0.5, 0.6) is 11.5 Å². The number of carbonyl (C=O) groups is 2. The molecular weight excluding hydrogens is 332 g/mol. The molecule has 0 heterocycles. The average Bonchev–Trinajstić information content (AvgIpc) is 2.65. The second-order valence-electron chi connectivity index (χ2n) is 5.86. The molecule has 0 atom stereocenters. The van der Waals surface area contributed by atoms with Gasteiger partial charge in [-0.3, -0.25) is 9.59 Å². The minimum absolute atomic E-state index is 0.00829. The zero-order chi connectivity index (χ0) is 18.8. The third kappa shape index (κ3) is 6.47. The number of amides is 2. The Hall–Kier alpha value is -3.02. The van der Waals surface area contributed by atoms with Crippen molar-refractivity contribution in [2.75, 3.05) is 13.7 Å². The van der Waals surface area contributed by atoms with Gasteiger partial charge in [0, 0.05) is 13.0 Å². The van der Waals surface area contributed by atoms with E-state index < -0.39 is 5.91 Å². The first-order chi connectivity index (χ1) is 12.6. The average molecular weight is 356 g/mol. The molecule has 2 rings (SSSR count). The Balaban J connectivity index is 1.78. The molecule has 0 saturated carbocycles. The van der Waals surface area contributed by atoms with Gasteiger partial charge in [-0.15, -0.1) is 0 Å². The number of nitrogens with one attached hydrogen (secondary N) is 1. The molecule has 0 unspecified atom stereocenters. The standard InChI is InChI=1S/C20H24N2O4/c1-25-18-12-16(10-11-17(18)26-14-19(21)23)13-22-20(24)9-5-8-15-6-3-2-4-7-15/h2-4,6-7,10-12H,5,8-9,13-14H2,1H3,(H2,21,23)(H,22,24). The maximum atomic E-state index is 12.0. The SMILES string of the molecule is COc1cc(CNC(=O)CCCc2ccccc2)ccc1OCC(N)=O. The van der Waals surface area contributed by atoms with E-state index in [9.17, 15) is 9.59 Å². The maximum Gasteiger partial charge on any atom is 0.255 e. The first-order valence-electron chi connectivity index (χ1n) is 8.47. The molecule has 0 aliphatic carbocycles. The van der Waals surface area contributed by atoms with Gasteiger partial charge in [0.05, 0.1) is 7.11 Å². The summed E-state index contributed by atoms with van der Waals surface area (Å²) in [6.07, 6.45) is 2.17. The smallest absolute Gasteiger partial charge is 0.255 e. The van der Waals surface area contributed by atoms with Crippen LogP contribution in [0.2, 0.25) is 0 Å². The van der Waals surface area contributed by atoms with E-state index in [4.69, 9.17) is 15.2 Å². The largest absolute Gasteiger partial charge is 0.493 e. The number of primary amides is 1. The monoisotopic (exact) mass is 356 g/mol. The van der Waals surface area contributed by atoms with Crippen molar-refractivity contribution >= 4 is 11.8 Å². The predicted octanol–water partition coefficient (Wildman–Crippen LogP) is 2.20. The first-order valence-corrected chi connectivity index (χ1v) is 8.47. The van der Waals surface area contributed by atoms with Crippen LogP contribution in [-0.4, -0.2) is 25.5 Å². The van der Waals surface area contributed by atoms with Crippen molar-refractivity contribution in [1.29, 1.82) is 0 Å². The van der Waals surface area contributed by atoms with Gasteiger partial charge in [0.2, 0.25) is 5.91 Å². The molecule has 6 nitrogen and oxygen atoms in total. The van der Waals surface area contributed by atoms with E-state index >= 15 is 0 Å². The van der Waals surface area contributed by atoms with Crippen molar-refractivity contribution < 1.29 is 19.1 Å². The number of rotatable bonds is 10. The zero-order valence-corrected chi connectivity index (χ0v) is 14.9. The lowest BCUT2D eigenvalue weighted by molar-refractivity contribution is -0.121. The zero-order valence-electron chi connectivity index (χ0n) is 14.9. The van der Waals surface area contributed by atoms with E-state index in [1.54, 1.807) is 12.1 Å². The van der Waals surface area contributed by atoms with Crippen molar-refractivity contribution in [1.82, 2.24) is 5.32 Å². The molecule has 138 valence electrons. The molecule has 0 aromatic heterocycles. The lowest BCUT2D eigenvalue weighted by Crippen LogP contribution is -2.22. The fourth-order valence-electron chi connectivity index (χ4n) is 2.48. The van der Waals surface area contributed by atoms with Gasteiger partial charge in [-0.1, -0.05) is 36.4 Å². The summed E-state index contributed by atoms with van der Waals surface area (Å²) in [7, 11) is 1.51. The van der Waals surface area contributed by atoms with Crippen molar-refractivity contribution in [2.24, 2.45) is 5.73 Å². The summed E-state index contributed by atoms with van der Waals surface area (Å²) in [5.74, 6) is 0.374. The summed E-state index contributed by atoms with van der Waals surface area (Å²) in [6, 6.07) is 15.4. The van der Waals surface area contributed by atoms with E-state index in [1.165, 1.54) is 12.7 Å². The molecule has 6 heteroatoms. The number of aryl methyl sites for hydroxylation is 1. The summed E-state index contributed by atoms with van der Waals surface area (Å²) in [6.45, 7) is 0.185. The van der Waals surface area contributed by atoms with Crippen LogP contribution in [0.4, 0.5) is 0 Å². The molecule has 0 radical (unpaired) electrons. The number of carbonyl (C=O) groups excluding carboxylic acids is 2. The van der Waals surface area contributed by atoms with Crippen LogP contribution in [0.1, 0.15) is 24.0 Å². The molecule has 0 aliphatic heterocycles. The molecule has 0 bridgehead atoms. The van der Waals surface area contributed by atoms with E-state index in [2.05, 4.69) is 17.4 Å². The molecular formula is C20H24N2O4. The summed E-state index contributed by atoms with van der Waals surface area (Å²) in [4.78, 5) is 22.8. The van der Waals surface area contributed by atoms with Gasteiger partial charge in [0.15, 0.2) is 18.1 Å². The molecule has 0 spiro atoms. The number of benzene rings is 2. The molecule has 3 N–H and O–H groups in total. The van der Waals surface area contributed by atoms with E-state index in [1.807, 2.05) is 24.3 Å². The number of ether oxygens (including phenoxy) is 2. The van der Waals surface area contributed by atoms with Crippen molar-refractivity contribution in [3.8, 4) is 11.5 Å². The van der Waals surface area contributed by atoms with Crippen LogP contribution in [0.3, 0.4) is 0 Å². The second-order valence-corrected chi connectivity index (χ2v) is 5.86. The Labute approximate surface area is 153 Å². The second kappa shape index (κ2) is 10.1. The van der Waals surface area contributed by atoms with Crippen molar-refractivity contribution in [3.05, 3.63) is 59.7 Å². The molecule has 0 fully saturated rings. The van der Waals surface area contributed by atoms with E-state index in [0.29, 0.717) is 24.5 Å². The summed E-state index contributed by atoms with van der Waals surface area (Å²) >= 11 is 0. The quantitative estimate of drug-likeness (QED) is 0.683. The summed E-state index contributed by atoms with van der Waals surface area (Å²) in [5.41, 5.74) is 7.18. The Morgan fingerprint density at radius 1 is 1.04 bits per heavy atom. The fourth-order valence-corrected chi connectivity index (χ4v) is 2.48. The van der Waals surface area contributed by atoms with Gasteiger partial charge >= 0.3 is 0 Å². The Morgan fingerprint density at radius 2 is 1.81 bits per heavy atom. The van der Waals surface area contributed by atoms with Crippen LogP contribution in [0, 0.1) is 0 Å². The van der Waals surface area contributed by atoms with Gasteiger partial charge in [-0.25, -0.2) is 0 Å². The van der Waals surface area contributed by atoms with Gasteiger partial charge in [0.25, 0.3) is 5.91 Å². The molecule has 0 aliphatic rings. The van der Waals surface area contributed by atoms with Gasteiger partial charge < -0.3 is 20.5 Å². The number of methoxy groups -OCH3 is 1. The van der Waals surface area contributed by atoms with Gasteiger partial charge in [0.1, 0.15) is 0 Å². The van der Waals surface area contributed by atoms with Gasteiger partial charge in [-0.2, -0.15) is 0 Å². The first kappa shape index (κ1) is 19.3. The number of nitrogens with two attached hydrogens (primary N) is 1. The van der Waals surface area contributed by atoms with Crippen LogP contribution >= 0.6 is 0 Å². The highest BCUT2D eigenvalue weighted by molar-refractivity contribution is 5.76. The Kier molecular flexibility index (Phi) is 7.49. The maximum absolute atomic E-state index is 12.0. The molecule has 26 heavy (non-hydrogen) atoms. The minimum Gasteiger partial charge on any atom is -0.493 e. The summed E-state index contributed by atoms with van der Waals surface area (Å²) < 4.78 is 10.5. The van der Waals surface area contributed by atoms with E-state index in [0.717, 1.165) is 18.4 Å². The van der Waals surface area contributed by atoms with E-state index in [-0.39, 0.29) is 12.5 Å². The third-order valence-corrected chi connectivity index (χ3v) is 3.80. The van der Waals surface area contributed by atoms with Crippen molar-refractivity contribution in [3.63, 3.8) is 0 Å². The van der Waals surface area contributed by atoms with Crippen LogP contribution in [-0.2, 0) is 22.6 Å². The topological polar surface area (TPSA) is 90.7 Å². The highest BCUT2D eigenvalue weighted by Gasteiger charge is 2.08. The molecule has 0 saturated heterocycles. The lowest BCUT2D eigenvalue weighted by atomic mass is 10.1. The van der Waals surface area contributed by atoms with Crippen molar-refractivity contribution in [2.45, 2.75) is 25.8 Å². The fraction of sp³-hybridized carbons (Fsp3) is 0.300. The number of hydrogen-bond donors (Lipinski definition) is 2. The molecule has 2 amide bonds. The summed E-state index contributed by atoms with van der Waals surface area (Å²) in [5, 5.41) is 2.90. The third-order valence-electron chi connectivity index (χ3n) is 3.80. The Bertz CT molecular complexity index is 732. The highest BCUT2D eigenvalue weighted by Crippen LogP contribution is 2.28. The van der Waals surface area contributed by atoms with Crippen LogP contribution in [0.15, 0.2) is 48.5 Å². The van der Waals surface area contributed by atoms with Crippen LogP contribution in [0.25, 0.3) is 0 Å². The molecule has 2 aromatic carbocycles.